The van der Waals surface area contributed by atoms with Crippen molar-refractivity contribution < 1.29 is 36.9 Å². The number of anilines is 1. The maximum absolute atomic E-state index is 14.1. The van der Waals surface area contributed by atoms with Gasteiger partial charge in [-0.2, -0.15) is 0 Å². The minimum absolute atomic E-state index is 0.0425. The van der Waals surface area contributed by atoms with Gasteiger partial charge in [0.25, 0.3) is 12.8 Å². The minimum Gasteiger partial charge on any atom is -0.497 e. The van der Waals surface area contributed by atoms with Crippen LogP contribution in [-0.2, 0) is 22.6 Å². The standard InChI is InChI=1S/C28H34F3N3O5/c1-4-38-28(35)25-24(13-14-32-25)33-15-23(39-27(31)26(29)30)18-34(16-19-5-9-21(36-2)10-6-19)17-20-7-11-22(37-3)12-8-20/h5-14,23,26-27,32-33H,4,15-18H2,1-3H3. The van der Waals surface area contributed by atoms with Crippen molar-refractivity contribution in [1.29, 1.82) is 0 Å². The van der Waals surface area contributed by atoms with Crippen LogP contribution in [0.1, 0.15) is 28.5 Å². The van der Waals surface area contributed by atoms with Gasteiger partial charge in [-0.25, -0.2) is 18.0 Å². The molecule has 0 aliphatic heterocycles. The highest BCUT2D eigenvalue weighted by Gasteiger charge is 2.27. The Morgan fingerprint density at radius 2 is 1.49 bits per heavy atom. The number of ether oxygens (including phenoxy) is 4. The molecule has 0 spiro atoms. The zero-order valence-corrected chi connectivity index (χ0v) is 22.2. The first-order valence-corrected chi connectivity index (χ1v) is 12.5. The number of methoxy groups -OCH3 is 2. The predicted octanol–water partition coefficient (Wildman–Crippen LogP) is 5.27. The lowest BCUT2D eigenvalue weighted by atomic mass is 10.1. The SMILES string of the molecule is CCOC(=O)c1[nH]ccc1NCC(CN(Cc1ccc(OC)cc1)Cc1ccc(OC)cc1)OC(F)C(F)F. The van der Waals surface area contributed by atoms with E-state index in [0.29, 0.717) is 30.3 Å². The van der Waals surface area contributed by atoms with Gasteiger partial charge in [-0.15, -0.1) is 0 Å². The van der Waals surface area contributed by atoms with Gasteiger partial charge in [0, 0.05) is 32.4 Å². The normalized spacial score (nSPS) is 12.8. The first kappa shape index (κ1) is 29.9. The molecule has 11 heteroatoms. The number of rotatable bonds is 16. The molecule has 2 atom stereocenters. The molecule has 0 radical (unpaired) electrons. The van der Waals surface area contributed by atoms with E-state index in [1.165, 1.54) is 0 Å². The number of nitrogens with zero attached hydrogens (tertiary/aromatic N) is 1. The van der Waals surface area contributed by atoms with E-state index in [1.54, 1.807) is 33.4 Å². The molecule has 0 bridgehead atoms. The van der Waals surface area contributed by atoms with E-state index in [0.717, 1.165) is 11.1 Å². The number of aromatic nitrogens is 1. The molecule has 0 saturated carbocycles. The number of carbonyl (C=O) groups is 1. The highest BCUT2D eigenvalue weighted by Crippen LogP contribution is 2.20. The topological polar surface area (TPSA) is 85.1 Å². The van der Waals surface area contributed by atoms with E-state index in [1.807, 2.05) is 53.4 Å². The van der Waals surface area contributed by atoms with Crippen molar-refractivity contribution in [1.82, 2.24) is 9.88 Å². The number of hydrogen-bond donors (Lipinski definition) is 2. The van der Waals surface area contributed by atoms with Gasteiger partial charge in [0.1, 0.15) is 17.2 Å². The molecule has 2 unspecified atom stereocenters. The smallest absolute Gasteiger partial charge is 0.356 e. The molecule has 2 aromatic carbocycles. The van der Waals surface area contributed by atoms with E-state index >= 15 is 0 Å². The van der Waals surface area contributed by atoms with Crippen molar-refractivity contribution in [2.45, 2.75) is 38.9 Å². The molecule has 0 fully saturated rings. The maximum Gasteiger partial charge on any atom is 0.356 e. The molecule has 8 nitrogen and oxygen atoms in total. The Balaban J connectivity index is 1.80. The maximum atomic E-state index is 14.1. The van der Waals surface area contributed by atoms with Crippen molar-refractivity contribution >= 4 is 11.7 Å². The fourth-order valence-corrected chi connectivity index (χ4v) is 3.96. The molecule has 2 N–H and O–H groups in total. The Kier molecular flexibility index (Phi) is 11.5. The summed E-state index contributed by atoms with van der Waals surface area (Å²) in [6.45, 7) is 2.80. The zero-order chi connectivity index (χ0) is 28.2. The van der Waals surface area contributed by atoms with Crippen molar-refractivity contribution in [3.05, 3.63) is 77.6 Å². The highest BCUT2D eigenvalue weighted by atomic mass is 19.3. The monoisotopic (exact) mass is 549 g/mol. The third-order valence-corrected chi connectivity index (χ3v) is 5.86. The van der Waals surface area contributed by atoms with Gasteiger partial charge < -0.3 is 29.2 Å². The van der Waals surface area contributed by atoms with Crippen molar-refractivity contribution in [2.24, 2.45) is 0 Å². The number of hydrogen-bond acceptors (Lipinski definition) is 7. The summed E-state index contributed by atoms with van der Waals surface area (Å²) >= 11 is 0. The average Bonchev–Trinajstić information content (AvgIpc) is 3.41. The van der Waals surface area contributed by atoms with Crippen LogP contribution in [0.25, 0.3) is 0 Å². The molecule has 0 saturated heterocycles. The molecule has 3 rings (SSSR count). The predicted molar refractivity (Wildman–Crippen MR) is 141 cm³/mol. The molecular formula is C28H34F3N3O5. The summed E-state index contributed by atoms with van der Waals surface area (Å²) in [7, 11) is 3.16. The summed E-state index contributed by atoms with van der Waals surface area (Å²) in [5.41, 5.74) is 2.45. The van der Waals surface area contributed by atoms with E-state index < -0.39 is 24.9 Å². The van der Waals surface area contributed by atoms with Crippen LogP contribution >= 0.6 is 0 Å². The van der Waals surface area contributed by atoms with Crippen LogP contribution in [0.15, 0.2) is 60.8 Å². The molecule has 0 aliphatic carbocycles. The summed E-state index contributed by atoms with van der Waals surface area (Å²) in [5.74, 6) is 0.831. The number of halogens is 3. The van der Waals surface area contributed by atoms with Gasteiger partial charge >= 0.3 is 5.97 Å². The highest BCUT2D eigenvalue weighted by molar-refractivity contribution is 5.93. The second kappa shape index (κ2) is 15.0. The molecular weight excluding hydrogens is 515 g/mol. The summed E-state index contributed by atoms with van der Waals surface area (Å²) in [5, 5.41) is 3.01. The van der Waals surface area contributed by atoms with Crippen LogP contribution in [0, 0.1) is 0 Å². The first-order chi connectivity index (χ1) is 18.8. The lowest BCUT2D eigenvalue weighted by molar-refractivity contribution is -0.158. The Labute approximate surface area is 226 Å². The van der Waals surface area contributed by atoms with Gasteiger partial charge in [-0.1, -0.05) is 24.3 Å². The Hall–Kier alpha value is -3.70. The fourth-order valence-electron chi connectivity index (χ4n) is 3.96. The second-order valence-electron chi connectivity index (χ2n) is 8.68. The summed E-state index contributed by atoms with van der Waals surface area (Å²) in [6.07, 6.45) is -5.51. The lowest BCUT2D eigenvalue weighted by Crippen LogP contribution is -2.40. The van der Waals surface area contributed by atoms with E-state index in [-0.39, 0.29) is 25.4 Å². The number of aromatic amines is 1. The van der Waals surface area contributed by atoms with Crippen LogP contribution < -0.4 is 14.8 Å². The third kappa shape index (κ3) is 9.22. The largest absolute Gasteiger partial charge is 0.497 e. The number of H-pyrrole nitrogens is 1. The van der Waals surface area contributed by atoms with Crippen molar-refractivity contribution in [2.75, 3.05) is 39.2 Å². The second-order valence-corrected chi connectivity index (χ2v) is 8.68. The lowest BCUT2D eigenvalue weighted by Gasteiger charge is -2.29. The van der Waals surface area contributed by atoms with Gasteiger partial charge in [0.05, 0.1) is 32.6 Å². The number of esters is 1. The van der Waals surface area contributed by atoms with Crippen molar-refractivity contribution in [3.8, 4) is 11.5 Å². The molecule has 1 heterocycles. The Bertz CT molecular complexity index is 1090. The van der Waals surface area contributed by atoms with Gasteiger partial charge in [-0.05, 0) is 48.4 Å². The van der Waals surface area contributed by atoms with Crippen LogP contribution in [0.4, 0.5) is 18.9 Å². The molecule has 212 valence electrons. The van der Waals surface area contributed by atoms with Gasteiger partial charge in [-0.3, -0.25) is 4.90 Å². The van der Waals surface area contributed by atoms with Gasteiger partial charge in [0.15, 0.2) is 0 Å². The summed E-state index contributed by atoms with van der Waals surface area (Å²) < 4.78 is 60.9. The van der Waals surface area contributed by atoms with Crippen molar-refractivity contribution in [3.63, 3.8) is 0 Å². The van der Waals surface area contributed by atoms with Crippen LogP contribution in [-0.4, -0.2) is 68.7 Å². The van der Waals surface area contributed by atoms with Crippen LogP contribution in [0.3, 0.4) is 0 Å². The van der Waals surface area contributed by atoms with Crippen LogP contribution in [0.2, 0.25) is 0 Å². The summed E-state index contributed by atoms with van der Waals surface area (Å²) in [6, 6.07) is 16.5. The average molecular weight is 550 g/mol. The number of benzene rings is 2. The quantitative estimate of drug-likeness (QED) is 0.236. The molecule has 0 aliphatic rings. The minimum atomic E-state index is -3.30. The van der Waals surface area contributed by atoms with Gasteiger partial charge in [0.2, 0.25) is 0 Å². The first-order valence-electron chi connectivity index (χ1n) is 12.5. The van der Waals surface area contributed by atoms with Crippen LogP contribution in [0.5, 0.6) is 11.5 Å². The molecule has 39 heavy (non-hydrogen) atoms. The van der Waals surface area contributed by atoms with E-state index in [9.17, 15) is 18.0 Å². The molecule has 3 aromatic rings. The summed E-state index contributed by atoms with van der Waals surface area (Å²) in [4.78, 5) is 17.0. The third-order valence-electron chi connectivity index (χ3n) is 5.86. The number of alkyl halides is 3. The molecule has 0 amide bonds. The van der Waals surface area contributed by atoms with E-state index in [2.05, 4.69) is 10.3 Å². The Morgan fingerprint density at radius 3 is 1.97 bits per heavy atom. The van der Waals surface area contributed by atoms with E-state index in [4.69, 9.17) is 18.9 Å². The Morgan fingerprint density at radius 1 is 0.923 bits per heavy atom. The number of nitrogens with one attached hydrogen (secondary N) is 2. The number of carbonyl (C=O) groups excluding carboxylic acids is 1. The fraction of sp³-hybridized carbons (Fsp3) is 0.393. The molecule has 1 aromatic heterocycles. The zero-order valence-electron chi connectivity index (χ0n) is 22.2.